The molecule has 1 atom stereocenters. The topological polar surface area (TPSA) is 83.0 Å². The van der Waals surface area contributed by atoms with E-state index in [0.29, 0.717) is 37.3 Å². The largest absolute Gasteiger partial charge is 0.489 e. The van der Waals surface area contributed by atoms with Crippen molar-refractivity contribution in [3.63, 3.8) is 0 Å². The second kappa shape index (κ2) is 11.8. The van der Waals surface area contributed by atoms with E-state index in [-0.39, 0.29) is 35.9 Å². The fourth-order valence-corrected chi connectivity index (χ4v) is 3.81. The van der Waals surface area contributed by atoms with Crippen LogP contribution in [0.1, 0.15) is 19.8 Å². The second-order valence-electron chi connectivity index (χ2n) is 6.82. The van der Waals surface area contributed by atoms with Gasteiger partial charge < -0.3 is 15.4 Å². The van der Waals surface area contributed by atoms with Gasteiger partial charge in [0.15, 0.2) is 5.96 Å². The Morgan fingerprint density at radius 2 is 1.89 bits per heavy atom. The molecule has 1 aromatic carbocycles. The van der Waals surface area contributed by atoms with Crippen LogP contribution in [0.3, 0.4) is 0 Å². The maximum atomic E-state index is 12.9. The summed E-state index contributed by atoms with van der Waals surface area (Å²) in [7, 11) is -1.39. The highest BCUT2D eigenvalue weighted by Crippen LogP contribution is 2.18. The number of rotatable bonds is 7. The number of hydrogen-bond acceptors (Lipinski definition) is 4. The highest BCUT2D eigenvalue weighted by molar-refractivity contribution is 14.0. The van der Waals surface area contributed by atoms with Crippen LogP contribution in [0.15, 0.2) is 29.3 Å². The van der Waals surface area contributed by atoms with Gasteiger partial charge in [0.1, 0.15) is 17.7 Å². The lowest BCUT2D eigenvalue weighted by atomic mass is 9.98. The van der Waals surface area contributed by atoms with E-state index in [1.165, 1.54) is 22.7 Å². The van der Waals surface area contributed by atoms with Crippen LogP contribution >= 0.6 is 24.0 Å². The van der Waals surface area contributed by atoms with Crippen LogP contribution in [0.2, 0.25) is 0 Å². The fourth-order valence-electron chi connectivity index (χ4n) is 2.93. The SMILES string of the molecule is CN=C(NCC1CCN(S(C)(=O)=O)CC1)NCC(C)Oc1ccc(F)cc1.I. The lowest BCUT2D eigenvalue weighted by Crippen LogP contribution is -2.45. The molecular formula is C18H30FIN4O3S. The van der Waals surface area contributed by atoms with Gasteiger partial charge in [-0.3, -0.25) is 4.99 Å². The number of ether oxygens (including phenoxy) is 1. The summed E-state index contributed by atoms with van der Waals surface area (Å²) in [5.41, 5.74) is 0. The van der Waals surface area contributed by atoms with Gasteiger partial charge in [0.25, 0.3) is 0 Å². The van der Waals surface area contributed by atoms with E-state index in [1.807, 2.05) is 6.92 Å². The normalized spacial score (nSPS) is 17.5. The van der Waals surface area contributed by atoms with E-state index in [2.05, 4.69) is 15.6 Å². The van der Waals surface area contributed by atoms with E-state index < -0.39 is 10.0 Å². The minimum Gasteiger partial charge on any atom is -0.489 e. The maximum Gasteiger partial charge on any atom is 0.211 e. The average Bonchev–Trinajstić information content (AvgIpc) is 2.63. The number of halogens is 2. The standard InChI is InChI=1S/C18H29FN4O3S.HI/c1-14(26-17-6-4-16(19)5-7-17)12-21-18(20-2)22-13-15-8-10-23(11-9-15)27(3,24)25;/h4-7,14-15H,8-13H2,1-3H3,(H2,20,21,22);1H. The van der Waals surface area contributed by atoms with E-state index in [9.17, 15) is 12.8 Å². The van der Waals surface area contributed by atoms with E-state index in [1.54, 1.807) is 19.2 Å². The molecule has 1 fully saturated rings. The molecule has 1 aliphatic heterocycles. The maximum absolute atomic E-state index is 12.9. The summed E-state index contributed by atoms with van der Waals surface area (Å²) in [6.07, 6.45) is 2.81. The zero-order valence-electron chi connectivity index (χ0n) is 16.5. The van der Waals surface area contributed by atoms with Gasteiger partial charge in [-0.25, -0.2) is 17.1 Å². The molecule has 28 heavy (non-hydrogen) atoms. The van der Waals surface area contributed by atoms with Crippen molar-refractivity contribution < 1.29 is 17.5 Å². The molecule has 1 unspecified atom stereocenters. The van der Waals surface area contributed by atoms with Crippen molar-refractivity contribution in [3.05, 3.63) is 30.1 Å². The van der Waals surface area contributed by atoms with Crippen LogP contribution in [0.5, 0.6) is 5.75 Å². The molecule has 0 aliphatic carbocycles. The number of nitrogens with zero attached hydrogens (tertiary/aromatic N) is 2. The molecule has 0 radical (unpaired) electrons. The first-order valence-corrected chi connectivity index (χ1v) is 10.9. The summed E-state index contributed by atoms with van der Waals surface area (Å²) in [4.78, 5) is 4.20. The number of benzene rings is 1. The highest BCUT2D eigenvalue weighted by Gasteiger charge is 2.24. The number of piperidine rings is 1. The Bertz CT molecular complexity index is 723. The predicted molar refractivity (Wildman–Crippen MR) is 120 cm³/mol. The zero-order valence-corrected chi connectivity index (χ0v) is 19.7. The third-order valence-electron chi connectivity index (χ3n) is 4.53. The molecule has 0 spiro atoms. The molecule has 1 aromatic rings. The summed E-state index contributed by atoms with van der Waals surface area (Å²) in [6.45, 7) is 4.35. The number of nitrogens with one attached hydrogen (secondary N) is 2. The van der Waals surface area contributed by atoms with Gasteiger partial charge in [-0.1, -0.05) is 0 Å². The molecule has 1 saturated heterocycles. The number of sulfonamides is 1. The van der Waals surface area contributed by atoms with Crippen LogP contribution in [-0.2, 0) is 10.0 Å². The summed E-state index contributed by atoms with van der Waals surface area (Å²) in [6, 6.07) is 5.93. The minimum absolute atomic E-state index is 0. The van der Waals surface area contributed by atoms with Gasteiger partial charge in [-0.05, 0) is 49.9 Å². The summed E-state index contributed by atoms with van der Waals surface area (Å²) in [5, 5.41) is 6.49. The van der Waals surface area contributed by atoms with Crippen molar-refractivity contribution in [2.45, 2.75) is 25.9 Å². The first kappa shape index (κ1) is 24.9. The third-order valence-corrected chi connectivity index (χ3v) is 5.84. The van der Waals surface area contributed by atoms with Crippen molar-refractivity contribution in [2.24, 2.45) is 10.9 Å². The second-order valence-corrected chi connectivity index (χ2v) is 8.80. The predicted octanol–water partition coefficient (Wildman–Crippen LogP) is 2.05. The van der Waals surface area contributed by atoms with Crippen molar-refractivity contribution in [1.82, 2.24) is 14.9 Å². The molecule has 1 aliphatic rings. The Morgan fingerprint density at radius 1 is 1.29 bits per heavy atom. The molecule has 7 nitrogen and oxygen atoms in total. The van der Waals surface area contributed by atoms with E-state index in [4.69, 9.17) is 4.74 Å². The van der Waals surface area contributed by atoms with Crippen molar-refractivity contribution in [2.75, 3.05) is 39.5 Å². The van der Waals surface area contributed by atoms with E-state index in [0.717, 1.165) is 19.4 Å². The van der Waals surface area contributed by atoms with Gasteiger partial charge in [0, 0.05) is 26.7 Å². The molecular weight excluding hydrogens is 498 g/mol. The monoisotopic (exact) mass is 528 g/mol. The Balaban J connectivity index is 0.00000392. The lowest BCUT2D eigenvalue weighted by Gasteiger charge is -2.30. The number of hydrogen-bond donors (Lipinski definition) is 2. The fraction of sp³-hybridized carbons (Fsp3) is 0.611. The Morgan fingerprint density at radius 3 is 2.43 bits per heavy atom. The van der Waals surface area contributed by atoms with Crippen molar-refractivity contribution >= 4 is 40.0 Å². The summed E-state index contributed by atoms with van der Waals surface area (Å²) < 4.78 is 43.3. The number of aliphatic imine (C=N–C) groups is 1. The van der Waals surface area contributed by atoms with Crippen LogP contribution in [0.4, 0.5) is 4.39 Å². The van der Waals surface area contributed by atoms with Gasteiger partial charge in [0.05, 0.1) is 12.8 Å². The van der Waals surface area contributed by atoms with Crippen molar-refractivity contribution in [3.8, 4) is 5.75 Å². The van der Waals surface area contributed by atoms with Gasteiger partial charge >= 0.3 is 0 Å². The number of guanidine groups is 1. The molecule has 0 aromatic heterocycles. The zero-order chi connectivity index (χ0) is 19.9. The smallest absolute Gasteiger partial charge is 0.211 e. The van der Waals surface area contributed by atoms with Crippen LogP contribution in [0.25, 0.3) is 0 Å². The Kier molecular flexibility index (Phi) is 10.5. The summed E-state index contributed by atoms with van der Waals surface area (Å²) in [5.74, 6) is 1.41. The molecule has 0 amide bonds. The molecule has 160 valence electrons. The highest BCUT2D eigenvalue weighted by atomic mass is 127. The molecule has 0 saturated carbocycles. The van der Waals surface area contributed by atoms with Crippen molar-refractivity contribution in [1.29, 1.82) is 0 Å². The van der Waals surface area contributed by atoms with Gasteiger partial charge in [0.2, 0.25) is 10.0 Å². The molecule has 0 bridgehead atoms. The molecule has 2 N–H and O–H groups in total. The lowest BCUT2D eigenvalue weighted by molar-refractivity contribution is 0.223. The van der Waals surface area contributed by atoms with Gasteiger partial charge in [-0.2, -0.15) is 0 Å². The van der Waals surface area contributed by atoms with Crippen LogP contribution in [0, 0.1) is 11.7 Å². The molecule has 1 heterocycles. The Hall–Kier alpha value is -1.14. The molecule has 10 heteroatoms. The quantitative estimate of drug-likeness (QED) is 0.322. The van der Waals surface area contributed by atoms with Crippen LogP contribution < -0.4 is 15.4 Å². The summed E-state index contributed by atoms with van der Waals surface area (Å²) >= 11 is 0. The van der Waals surface area contributed by atoms with Crippen LogP contribution in [-0.4, -0.2) is 64.3 Å². The third kappa shape index (κ3) is 8.48. The van der Waals surface area contributed by atoms with E-state index >= 15 is 0 Å². The first-order chi connectivity index (χ1) is 12.8. The molecule has 2 rings (SSSR count). The average molecular weight is 528 g/mol. The minimum atomic E-state index is -3.09. The van der Waals surface area contributed by atoms with Gasteiger partial charge in [-0.15, -0.1) is 24.0 Å². The first-order valence-electron chi connectivity index (χ1n) is 9.10. The Labute approximate surface area is 184 Å².